The van der Waals surface area contributed by atoms with Crippen LogP contribution in [0, 0.1) is 6.92 Å². The Morgan fingerprint density at radius 2 is 2.05 bits per heavy atom. The number of imidazole rings is 1. The van der Waals surface area contributed by atoms with E-state index in [1.54, 1.807) is 6.20 Å². The summed E-state index contributed by atoms with van der Waals surface area (Å²) in [5.74, 6) is 2.52. The molecule has 3 rings (SSSR count). The first-order valence-corrected chi connectivity index (χ1v) is 6.39. The Hall–Kier alpha value is -2.01. The summed E-state index contributed by atoms with van der Waals surface area (Å²) >= 11 is 0. The maximum atomic E-state index is 5.91. The molecule has 0 saturated carbocycles. The van der Waals surface area contributed by atoms with Crippen LogP contribution in [0.15, 0.2) is 24.5 Å². The second-order valence-electron chi connectivity index (χ2n) is 4.62. The number of aromatic nitrogens is 2. The first kappa shape index (κ1) is 12.0. The van der Waals surface area contributed by atoms with Gasteiger partial charge in [-0.1, -0.05) is 0 Å². The number of fused-ring (bicyclic) bond motifs is 1. The largest absolute Gasteiger partial charge is 0.486 e. The molecule has 0 aliphatic carbocycles. The molecule has 19 heavy (non-hydrogen) atoms. The predicted octanol–water partition coefficient (Wildman–Crippen LogP) is 1.58. The number of aryl methyl sites for hydroxylation is 1. The van der Waals surface area contributed by atoms with E-state index in [9.17, 15) is 0 Å². The molecule has 0 saturated heterocycles. The highest BCUT2D eigenvalue weighted by Gasteiger charge is 2.21. The van der Waals surface area contributed by atoms with E-state index >= 15 is 0 Å². The third kappa shape index (κ3) is 2.17. The number of H-pyrrole nitrogens is 1. The molecular weight excluding hydrogens is 242 g/mol. The summed E-state index contributed by atoms with van der Waals surface area (Å²) in [6, 6.07) is 4.03. The molecule has 2 heterocycles. The molecule has 0 fully saturated rings. The molecule has 1 aliphatic rings. The highest BCUT2D eigenvalue weighted by atomic mass is 16.6. The molecule has 0 amide bonds. The molecule has 1 unspecified atom stereocenters. The average Bonchev–Trinajstić information content (AvgIpc) is 2.94. The minimum Gasteiger partial charge on any atom is -0.486 e. The summed E-state index contributed by atoms with van der Waals surface area (Å²) in [4.78, 5) is 7.44. The van der Waals surface area contributed by atoms with Crippen molar-refractivity contribution in [2.45, 2.75) is 12.8 Å². The second kappa shape index (κ2) is 4.93. The normalized spacial score (nSPS) is 15.3. The lowest BCUT2D eigenvalue weighted by Gasteiger charge is -2.22. The van der Waals surface area contributed by atoms with Gasteiger partial charge in [0.25, 0.3) is 0 Å². The number of aromatic amines is 1. The maximum absolute atomic E-state index is 5.91. The van der Waals surface area contributed by atoms with Crippen LogP contribution in [0.25, 0.3) is 0 Å². The molecule has 5 heteroatoms. The van der Waals surface area contributed by atoms with Crippen LogP contribution in [0.3, 0.4) is 0 Å². The topological polar surface area (TPSA) is 73.2 Å². The van der Waals surface area contributed by atoms with Crippen molar-refractivity contribution in [3.8, 4) is 11.5 Å². The molecule has 1 aromatic heterocycles. The Morgan fingerprint density at radius 3 is 2.68 bits per heavy atom. The minimum atomic E-state index is 0.0471. The van der Waals surface area contributed by atoms with E-state index in [4.69, 9.17) is 15.2 Å². The first-order valence-electron chi connectivity index (χ1n) is 6.39. The number of hydrogen-bond donors (Lipinski definition) is 2. The molecule has 1 aromatic carbocycles. The number of nitrogens with two attached hydrogens (primary N) is 1. The Labute approximate surface area is 111 Å². The third-order valence-corrected chi connectivity index (χ3v) is 3.39. The second-order valence-corrected chi connectivity index (χ2v) is 4.62. The zero-order valence-corrected chi connectivity index (χ0v) is 10.8. The van der Waals surface area contributed by atoms with Gasteiger partial charge in [-0.3, -0.25) is 0 Å². The minimum absolute atomic E-state index is 0.0471. The Morgan fingerprint density at radius 1 is 1.32 bits per heavy atom. The lowest BCUT2D eigenvalue weighted by molar-refractivity contribution is 0.171. The maximum Gasteiger partial charge on any atom is 0.161 e. The van der Waals surface area contributed by atoms with E-state index in [2.05, 4.69) is 16.9 Å². The van der Waals surface area contributed by atoms with Gasteiger partial charge in [-0.05, 0) is 30.2 Å². The molecule has 5 nitrogen and oxygen atoms in total. The van der Waals surface area contributed by atoms with Crippen molar-refractivity contribution in [1.29, 1.82) is 0 Å². The summed E-state index contributed by atoms with van der Waals surface area (Å²) in [6.45, 7) is 3.74. The lowest BCUT2D eigenvalue weighted by atomic mass is 9.93. The molecule has 1 aliphatic heterocycles. The van der Waals surface area contributed by atoms with E-state index in [-0.39, 0.29) is 5.92 Å². The number of benzene rings is 1. The molecule has 0 bridgehead atoms. The Kier molecular flexibility index (Phi) is 3.13. The van der Waals surface area contributed by atoms with E-state index in [1.807, 2.05) is 18.3 Å². The molecule has 1 atom stereocenters. The molecule has 100 valence electrons. The summed E-state index contributed by atoms with van der Waals surface area (Å²) < 4.78 is 11.2. The summed E-state index contributed by atoms with van der Waals surface area (Å²) in [5, 5.41) is 0. The van der Waals surface area contributed by atoms with Crippen LogP contribution in [-0.4, -0.2) is 29.7 Å². The van der Waals surface area contributed by atoms with E-state index in [0.29, 0.717) is 19.8 Å². The van der Waals surface area contributed by atoms with E-state index in [1.165, 1.54) is 0 Å². The van der Waals surface area contributed by atoms with Crippen molar-refractivity contribution in [2.75, 3.05) is 19.8 Å². The summed E-state index contributed by atoms with van der Waals surface area (Å²) in [5.41, 5.74) is 8.17. The van der Waals surface area contributed by atoms with Gasteiger partial charge in [-0.2, -0.15) is 0 Å². The predicted molar refractivity (Wildman–Crippen MR) is 71.7 cm³/mol. The SMILES string of the molecule is Cc1cc2c(cc1C(CN)c1ncc[nH]1)OCCO2. The highest BCUT2D eigenvalue weighted by Crippen LogP contribution is 2.36. The van der Waals surface area contributed by atoms with Gasteiger partial charge in [-0.15, -0.1) is 0 Å². The summed E-state index contributed by atoms with van der Waals surface area (Å²) in [7, 11) is 0. The third-order valence-electron chi connectivity index (χ3n) is 3.39. The smallest absolute Gasteiger partial charge is 0.161 e. The van der Waals surface area contributed by atoms with Crippen LogP contribution >= 0.6 is 0 Å². The fourth-order valence-electron chi connectivity index (χ4n) is 2.44. The van der Waals surface area contributed by atoms with Crippen molar-refractivity contribution < 1.29 is 9.47 Å². The van der Waals surface area contributed by atoms with Gasteiger partial charge in [0.05, 0.1) is 5.92 Å². The highest BCUT2D eigenvalue weighted by molar-refractivity contribution is 5.50. The lowest BCUT2D eigenvalue weighted by Crippen LogP contribution is -2.19. The van der Waals surface area contributed by atoms with Crippen molar-refractivity contribution >= 4 is 0 Å². The van der Waals surface area contributed by atoms with Gasteiger partial charge in [0.15, 0.2) is 11.5 Å². The number of rotatable bonds is 3. The quantitative estimate of drug-likeness (QED) is 0.877. The summed E-state index contributed by atoms with van der Waals surface area (Å²) in [6.07, 6.45) is 3.55. The van der Waals surface area contributed by atoms with Crippen LogP contribution in [0.4, 0.5) is 0 Å². The van der Waals surface area contributed by atoms with Crippen molar-refractivity contribution in [3.05, 3.63) is 41.5 Å². The van der Waals surface area contributed by atoms with Crippen molar-refractivity contribution in [3.63, 3.8) is 0 Å². The first-order chi connectivity index (χ1) is 9.29. The molecular formula is C14H17N3O2. The molecule has 0 radical (unpaired) electrons. The van der Waals surface area contributed by atoms with Crippen molar-refractivity contribution in [1.82, 2.24) is 9.97 Å². The van der Waals surface area contributed by atoms with Crippen LogP contribution < -0.4 is 15.2 Å². The number of nitrogens with zero attached hydrogens (tertiary/aromatic N) is 1. The Balaban J connectivity index is 2.04. The van der Waals surface area contributed by atoms with Crippen molar-refractivity contribution in [2.24, 2.45) is 5.73 Å². The number of nitrogens with one attached hydrogen (secondary N) is 1. The van der Waals surface area contributed by atoms with E-state index in [0.717, 1.165) is 28.5 Å². The van der Waals surface area contributed by atoms with Crippen LogP contribution in [0.5, 0.6) is 11.5 Å². The van der Waals surface area contributed by atoms with Crippen LogP contribution in [0.1, 0.15) is 22.9 Å². The monoisotopic (exact) mass is 259 g/mol. The van der Waals surface area contributed by atoms with Gasteiger partial charge in [0.1, 0.15) is 19.0 Å². The van der Waals surface area contributed by atoms with E-state index < -0.39 is 0 Å². The molecule has 3 N–H and O–H groups in total. The standard InChI is InChI=1S/C14H17N3O2/c1-9-6-12-13(19-5-4-18-12)7-10(9)11(8-15)14-16-2-3-17-14/h2-3,6-7,11H,4-5,8,15H2,1H3,(H,16,17). The van der Waals surface area contributed by atoms with Crippen LogP contribution in [-0.2, 0) is 0 Å². The average molecular weight is 259 g/mol. The number of hydrogen-bond acceptors (Lipinski definition) is 4. The fraction of sp³-hybridized carbons (Fsp3) is 0.357. The zero-order chi connectivity index (χ0) is 13.2. The molecule has 0 spiro atoms. The number of ether oxygens (including phenoxy) is 2. The Bertz CT molecular complexity index is 566. The van der Waals surface area contributed by atoms with Gasteiger partial charge in [0.2, 0.25) is 0 Å². The van der Waals surface area contributed by atoms with Gasteiger partial charge in [0, 0.05) is 18.9 Å². The fourth-order valence-corrected chi connectivity index (χ4v) is 2.44. The van der Waals surface area contributed by atoms with Gasteiger partial charge < -0.3 is 20.2 Å². The van der Waals surface area contributed by atoms with Crippen LogP contribution in [0.2, 0.25) is 0 Å². The van der Waals surface area contributed by atoms with Gasteiger partial charge in [-0.25, -0.2) is 4.98 Å². The van der Waals surface area contributed by atoms with Gasteiger partial charge >= 0.3 is 0 Å². The molecule has 2 aromatic rings. The zero-order valence-electron chi connectivity index (χ0n) is 10.8.